The molecule has 1 aliphatic rings. The number of rotatable bonds is 19. The molecule has 0 radical (unpaired) electrons. The molecule has 250 valence electrons. The van der Waals surface area contributed by atoms with E-state index in [4.69, 9.17) is 37.3 Å². The molecule has 0 amide bonds. The van der Waals surface area contributed by atoms with E-state index in [-0.39, 0.29) is 6.61 Å². The van der Waals surface area contributed by atoms with Crippen LogP contribution in [0.5, 0.6) is 0 Å². The first-order valence-electron chi connectivity index (χ1n) is 16.2. The number of hydrogen-bond donors (Lipinski definition) is 0. The molecular weight excluding hydrogens is 615 g/mol. The maximum atomic E-state index is 6.76. The van der Waals surface area contributed by atoms with Crippen molar-refractivity contribution in [2.45, 2.75) is 71.0 Å². The summed E-state index contributed by atoms with van der Waals surface area (Å²) in [5.41, 5.74) is 4.15. The zero-order chi connectivity index (χ0) is 32.5. The van der Waals surface area contributed by atoms with Crippen LogP contribution in [0.4, 0.5) is 0 Å². The Morgan fingerprint density at radius 2 is 0.915 bits per heavy atom. The summed E-state index contributed by atoms with van der Waals surface area (Å²) in [6.07, 6.45) is -3.26. The van der Waals surface area contributed by atoms with Crippen molar-refractivity contribution in [2.24, 2.45) is 0 Å². The lowest BCUT2D eigenvalue weighted by molar-refractivity contribution is -0.311. The summed E-state index contributed by atoms with van der Waals surface area (Å²) < 4.78 is 51.2. The Morgan fingerprint density at radius 1 is 0.511 bits per heavy atom. The molecule has 1 heterocycles. The van der Waals surface area contributed by atoms with Gasteiger partial charge in [0.05, 0.1) is 46.2 Å². The van der Waals surface area contributed by atoms with Crippen LogP contribution in [0.25, 0.3) is 0 Å². The maximum Gasteiger partial charge on any atom is 0.335 e. The maximum absolute atomic E-state index is 6.76. The van der Waals surface area contributed by atoms with Gasteiger partial charge in [-0.25, -0.2) is 0 Å². The lowest BCUT2D eigenvalue weighted by Gasteiger charge is -2.46. The molecule has 8 nitrogen and oxygen atoms in total. The number of benzene rings is 4. The summed E-state index contributed by atoms with van der Waals surface area (Å²) in [4.78, 5) is 0. The molecule has 9 heteroatoms. The predicted octanol–water partition coefficient (Wildman–Crippen LogP) is 8.00. The molecule has 47 heavy (non-hydrogen) atoms. The van der Waals surface area contributed by atoms with Gasteiger partial charge < -0.3 is 32.7 Å². The van der Waals surface area contributed by atoms with Crippen molar-refractivity contribution in [3.63, 3.8) is 0 Å². The minimum atomic E-state index is -1.72. The second-order valence-electron chi connectivity index (χ2n) is 11.0. The summed E-state index contributed by atoms with van der Waals surface area (Å²) in [5, 5.41) is 0. The fourth-order valence-electron chi connectivity index (χ4n) is 5.23. The van der Waals surface area contributed by atoms with Gasteiger partial charge in [0, 0.05) is 0 Å². The van der Waals surface area contributed by atoms with E-state index in [9.17, 15) is 0 Å². The average Bonchev–Trinajstić information content (AvgIpc) is 3.12. The van der Waals surface area contributed by atoms with Gasteiger partial charge in [0.25, 0.3) is 0 Å². The smallest absolute Gasteiger partial charge is 0.335 e. The van der Waals surface area contributed by atoms with Crippen molar-refractivity contribution < 1.29 is 37.3 Å². The average molecular weight is 661 g/mol. The van der Waals surface area contributed by atoms with E-state index in [1.54, 1.807) is 0 Å². The van der Waals surface area contributed by atoms with Gasteiger partial charge in [0.2, 0.25) is 0 Å². The lowest BCUT2D eigenvalue weighted by Crippen LogP contribution is -2.61. The molecule has 5 rings (SSSR count). The predicted molar refractivity (Wildman–Crippen MR) is 181 cm³/mol. The third-order valence-corrected chi connectivity index (χ3v) is 8.82. The molecule has 1 aliphatic heterocycles. The molecule has 1 fully saturated rings. The van der Waals surface area contributed by atoms with E-state index in [0.29, 0.717) is 39.6 Å². The molecule has 4 aromatic carbocycles. The fraction of sp³-hybridized carbons (Fsp3) is 0.368. The van der Waals surface area contributed by atoms with Crippen LogP contribution < -0.4 is 0 Å². The van der Waals surface area contributed by atoms with Crippen LogP contribution >= 0.6 is 8.60 Å². The van der Waals surface area contributed by atoms with Crippen LogP contribution in [0.2, 0.25) is 0 Å². The summed E-state index contributed by atoms with van der Waals surface area (Å²) in [6.45, 7) is 6.35. The Morgan fingerprint density at radius 3 is 1.36 bits per heavy atom. The Kier molecular flexibility index (Phi) is 14.8. The largest absolute Gasteiger partial charge is 0.374 e. The standard InChI is InChI=1S/C38H45O8P/c1-3-43-47(44-4-2)46-38-37(42-28-33-23-15-8-16-24-33)36(41-27-32-21-13-7-14-22-32)35(40-26-31-19-11-6-12-20-31)34(45-38)29-39-25-30-17-9-5-10-18-30/h5-24,34-38H,3-4,25-29H2,1-2H3/t34-,35+,36+,37-,38-/m1/s1. The number of ether oxygens (including phenoxy) is 5. The van der Waals surface area contributed by atoms with Gasteiger partial charge in [-0.2, -0.15) is 0 Å². The Balaban J connectivity index is 1.46. The minimum Gasteiger partial charge on any atom is -0.374 e. The molecule has 5 atom stereocenters. The van der Waals surface area contributed by atoms with Crippen molar-refractivity contribution in [3.8, 4) is 0 Å². The summed E-state index contributed by atoms with van der Waals surface area (Å²) >= 11 is 0. The highest BCUT2D eigenvalue weighted by molar-refractivity contribution is 7.41. The molecule has 0 aromatic heterocycles. The van der Waals surface area contributed by atoms with Crippen molar-refractivity contribution in [2.75, 3.05) is 19.8 Å². The highest BCUT2D eigenvalue weighted by atomic mass is 31.2. The molecule has 0 N–H and O–H groups in total. The van der Waals surface area contributed by atoms with Crippen LogP contribution in [0.3, 0.4) is 0 Å². The number of hydrogen-bond acceptors (Lipinski definition) is 8. The van der Waals surface area contributed by atoms with Crippen LogP contribution in [0, 0.1) is 0 Å². The van der Waals surface area contributed by atoms with E-state index < -0.39 is 39.3 Å². The van der Waals surface area contributed by atoms with Gasteiger partial charge in [-0.05, 0) is 36.1 Å². The summed E-state index contributed by atoms with van der Waals surface area (Å²) in [6, 6.07) is 40.2. The van der Waals surface area contributed by atoms with Gasteiger partial charge in [0.1, 0.15) is 24.4 Å². The Bertz CT molecular complexity index is 1380. The van der Waals surface area contributed by atoms with Crippen LogP contribution in [-0.2, 0) is 63.7 Å². The third-order valence-electron chi connectivity index (χ3n) is 7.50. The van der Waals surface area contributed by atoms with Crippen molar-refractivity contribution in [3.05, 3.63) is 144 Å². The highest BCUT2D eigenvalue weighted by Gasteiger charge is 2.50. The van der Waals surface area contributed by atoms with E-state index in [1.165, 1.54) is 0 Å². The quantitative estimate of drug-likeness (QED) is 0.0938. The van der Waals surface area contributed by atoms with E-state index in [0.717, 1.165) is 22.3 Å². The Labute approximate surface area is 279 Å². The third kappa shape index (κ3) is 11.3. The zero-order valence-corrected chi connectivity index (χ0v) is 28.0. The van der Waals surface area contributed by atoms with Gasteiger partial charge in [-0.1, -0.05) is 121 Å². The van der Waals surface area contributed by atoms with E-state index >= 15 is 0 Å². The lowest BCUT2D eigenvalue weighted by atomic mass is 9.98. The van der Waals surface area contributed by atoms with Gasteiger partial charge >= 0.3 is 8.60 Å². The topological polar surface area (TPSA) is 73.8 Å². The SMILES string of the molecule is CCOP(OCC)O[C@H]1O[C@H](COCc2ccccc2)[C@H](OCc2ccccc2)[C@H](OCc2ccccc2)[C@H]1OCc1ccccc1. The Hall–Kier alpha value is -3.01. The monoisotopic (exact) mass is 660 g/mol. The van der Waals surface area contributed by atoms with Gasteiger partial charge in [-0.3, -0.25) is 4.52 Å². The fourth-order valence-corrected chi connectivity index (χ4v) is 6.18. The highest BCUT2D eigenvalue weighted by Crippen LogP contribution is 2.44. The second-order valence-corrected chi connectivity index (χ2v) is 12.2. The van der Waals surface area contributed by atoms with Crippen LogP contribution in [0.1, 0.15) is 36.1 Å². The molecule has 4 aromatic rings. The normalized spacial score (nSPS) is 21.2. The summed E-state index contributed by atoms with van der Waals surface area (Å²) in [5.74, 6) is 0. The molecule has 0 unspecified atom stereocenters. The van der Waals surface area contributed by atoms with E-state index in [2.05, 4.69) is 0 Å². The van der Waals surface area contributed by atoms with Crippen molar-refractivity contribution >= 4 is 8.60 Å². The molecule has 0 spiro atoms. The summed E-state index contributed by atoms with van der Waals surface area (Å²) in [7, 11) is -1.72. The second kappa shape index (κ2) is 19.7. The molecule has 0 saturated carbocycles. The minimum absolute atomic E-state index is 0.242. The van der Waals surface area contributed by atoms with Gasteiger partial charge in [-0.15, -0.1) is 0 Å². The van der Waals surface area contributed by atoms with E-state index in [1.807, 2.05) is 135 Å². The molecule has 0 bridgehead atoms. The molecular formula is C38H45O8P. The molecule has 0 aliphatic carbocycles. The first kappa shape index (κ1) is 35.3. The first-order valence-corrected chi connectivity index (χ1v) is 17.3. The van der Waals surface area contributed by atoms with Crippen LogP contribution in [-0.4, -0.2) is 50.5 Å². The zero-order valence-electron chi connectivity index (χ0n) is 27.1. The van der Waals surface area contributed by atoms with Crippen molar-refractivity contribution in [1.29, 1.82) is 0 Å². The van der Waals surface area contributed by atoms with Crippen LogP contribution in [0.15, 0.2) is 121 Å². The van der Waals surface area contributed by atoms with Crippen molar-refractivity contribution in [1.82, 2.24) is 0 Å². The first-order chi connectivity index (χ1) is 23.2. The van der Waals surface area contributed by atoms with Gasteiger partial charge in [0.15, 0.2) is 6.29 Å². The molecule has 1 saturated heterocycles.